The SMILES string of the molecule is COc1nc(CN)cc(I)c1C(F)F. The Morgan fingerprint density at radius 3 is 2.71 bits per heavy atom. The number of ether oxygens (including phenoxy) is 1. The summed E-state index contributed by atoms with van der Waals surface area (Å²) in [6.07, 6.45) is -2.59. The van der Waals surface area contributed by atoms with Gasteiger partial charge in [0.05, 0.1) is 18.4 Å². The Kier molecular flexibility index (Phi) is 3.99. The van der Waals surface area contributed by atoms with Crippen LogP contribution in [-0.2, 0) is 6.54 Å². The minimum absolute atomic E-state index is 0.0487. The van der Waals surface area contributed by atoms with Crippen LogP contribution in [0.3, 0.4) is 0 Å². The number of nitrogens with two attached hydrogens (primary N) is 1. The summed E-state index contributed by atoms with van der Waals surface area (Å²) in [4.78, 5) is 3.86. The summed E-state index contributed by atoms with van der Waals surface area (Å²) >= 11 is 1.82. The summed E-state index contributed by atoms with van der Waals surface area (Å²) in [5, 5.41) is 0. The molecule has 0 amide bonds. The molecule has 0 aromatic carbocycles. The zero-order valence-corrected chi connectivity index (χ0v) is 9.59. The van der Waals surface area contributed by atoms with Crippen LogP contribution in [0.4, 0.5) is 8.78 Å². The highest BCUT2D eigenvalue weighted by Crippen LogP contribution is 2.31. The van der Waals surface area contributed by atoms with Crippen molar-refractivity contribution < 1.29 is 13.5 Å². The number of nitrogens with zero attached hydrogens (tertiary/aromatic N) is 1. The van der Waals surface area contributed by atoms with Crippen molar-refractivity contribution in [3.05, 3.63) is 20.9 Å². The van der Waals surface area contributed by atoms with Crippen LogP contribution < -0.4 is 10.5 Å². The van der Waals surface area contributed by atoms with E-state index in [9.17, 15) is 8.78 Å². The maximum absolute atomic E-state index is 12.6. The van der Waals surface area contributed by atoms with Gasteiger partial charge >= 0.3 is 0 Å². The van der Waals surface area contributed by atoms with Crippen molar-refractivity contribution in [2.75, 3.05) is 7.11 Å². The molecule has 0 radical (unpaired) electrons. The van der Waals surface area contributed by atoms with Gasteiger partial charge < -0.3 is 10.5 Å². The Labute approximate surface area is 93.8 Å². The molecule has 14 heavy (non-hydrogen) atoms. The monoisotopic (exact) mass is 314 g/mol. The number of hydrogen-bond donors (Lipinski definition) is 1. The summed E-state index contributed by atoms with van der Waals surface area (Å²) in [7, 11) is 1.31. The first-order valence-electron chi connectivity index (χ1n) is 3.81. The van der Waals surface area contributed by atoms with Crippen LogP contribution >= 0.6 is 22.6 Å². The Hall–Kier alpha value is -0.500. The van der Waals surface area contributed by atoms with Crippen molar-refractivity contribution >= 4 is 22.6 Å². The first kappa shape index (κ1) is 11.6. The number of rotatable bonds is 3. The van der Waals surface area contributed by atoms with E-state index in [-0.39, 0.29) is 18.0 Å². The van der Waals surface area contributed by atoms with Crippen molar-refractivity contribution in [3.63, 3.8) is 0 Å². The van der Waals surface area contributed by atoms with Crippen LogP contribution in [0.5, 0.6) is 5.88 Å². The molecule has 0 saturated heterocycles. The standard InChI is InChI=1S/C8H9F2IN2O/c1-14-8-6(7(9)10)5(11)2-4(3-12)13-8/h2,7H,3,12H2,1H3. The quantitative estimate of drug-likeness (QED) is 0.869. The molecule has 0 bridgehead atoms. The Morgan fingerprint density at radius 2 is 2.29 bits per heavy atom. The number of methoxy groups -OCH3 is 1. The lowest BCUT2D eigenvalue weighted by atomic mass is 10.2. The molecule has 0 fully saturated rings. The zero-order valence-electron chi connectivity index (χ0n) is 7.43. The number of halogens is 3. The highest BCUT2D eigenvalue weighted by Gasteiger charge is 2.19. The van der Waals surface area contributed by atoms with E-state index in [2.05, 4.69) is 4.98 Å². The van der Waals surface area contributed by atoms with Crippen molar-refractivity contribution in [1.82, 2.24) is 4.98 Å². The van der Waals surface area contributed by atoms with Crippen molar-refractivity contribution in [2.24, 2.45) is 5.73 Å². The van der Waals surface area contributed by atoms with E-state index in [0.29, 0.717) is 9.26 Å². The average Bonchev–Trinajstić information content (AvgIpc) is 2.15. The minimum Gasteiger partial charge on any atom is -0.481 e. The molecule has 0 aliphatic carbocycles. The summed E-state index contributed by atoms with van der Waals surface area (Å²) in [6, 6.07) is 1.53. The van der Waals surface area contributed by atoms with E-state index in [1.807, 2.05) is 22.6 Å². The van der Waals surface area contributed by atoms with Gasteiger partial charge in [0.1, 0.15) is 0 Å². The number of alkyl halides is 2. The Balaban J connectivity index is 3.27. The first-order valence-corrected chi connectivity index (χ1v) is 4.89. The van der Waals surface area contributed by atoms with E-state index in [1.165, 1.54) is 13.2 Å². The van der Waals surface area contributed by atoms with Gasteiger partial charge in [0.15, 0.2) is 0 Å². The summed E-state index contributed by atoms with van der Waals surface area (Å²) in [5.41, 5.74) is 5.72. The fraction of sp³-hybridized carbons (Fsp3) is 0.375. The van der Waals surface area contributed by atoms with Gasteiger partial charge in [-0.1, -0.05) is 0 Å². The molecule has 0 spiro atoms. The molecule has 1 rings (SSSR count). The fourth-order valence-corrected chi connectivity index (χ4v) is 1.83. The average molecular weight is 314 g/mol. The third kappa shape index (κ3) is 2.30. The maximum atomic E-state index is 12.6. The molecule has 0 aliphatic rings. The summed E-state index contributed by atoms with van der Waals surface area (Å²) < 4.78 is 30.3. The molecule has 1 heterocycles. The smallest absolute Gasteiger partial charge is 0.270 e. The predicted molar refractivity (Wildman–Crippen MR) is 56.4 cm³/mol. The second kappa shape index (κ2) is 4.83. The molecule has 1 aromatic rings. The van der Waals surface area contributed by atoms with E-state index >= 15 is 0 Å². The number of aromatic nitrogens is 1. The van der Waals surface area contributed by atoms with Gasteiger partial charge in [0, 0.05) is 10.1 Å². The lowest BCUT2D eigenvalue weighted by molar-refractivity contribution is 0.145. The number of hydrogen-bond acceptors (Lipinski definition) is 3. The maximum Gasteiger partial charge on any atom is 0.270 e. The van der Waals surface area contributed by atoms with E-state index in [1.54, 1.807) is 0 Å². The van der Waals surface area contributed by atoms with Crippen LogP contribution in [0.15, 0.2) is 6.07 Å². The highest BCUT2D eigenvalue weighted by atomic mass is 127. The Bertz CT molecular complexity index is 333. The number of pyridine rings is 1. The topological polar surface area (TPSA) is 48.1 Å². The zero-order chi connectivity index (χ0) is 10.7. The predicted octanol–water partition coefficient (Wildman–Crippen LogP) is 2.09. The third-order valence-corrected chi connectivity index (χ3v) is 2.54. The molecule has 3 nitrogen and oxygen atoms in total. The molecule has 0 saturated carbocycles. The van der Waals surface area contributed by atoms with Gasteiger partial charge in [0.25, 0.3) is 6.43 Å². The molecule has 78 valence electrons. The van der Waals surface area contributed by atoms with E-state index in [4.69, 9.17) is 10.5 Å². The van der Waals surface area contributed by atoms with Gasteiger partial charge in [-0.2, -0.15) is 0 Å². The Morgan fingerprint density at radius 1 is 1.64 bits per heavy atom. The lowest BCUT2D eigenvalue weighted by Crippen LogP contribution is -2.05. The second-order valence-electron chi connectivity index (χ2n) is 2.52. The molecule has 0 aliphatic heterocycles. The second-order valence-corrected chi connectivity index (χ2v) is 3.69. The van der Waals surface area contributed by atoms with Crippen molar-refractivity contribution in [1.29, 1.82) is 0 Å². The largest absolute Gasteiger partial charge is 0.481 e. The molecular weight excluding hydrogens is 305 g/mol. The third-order valence-electron chi connectivity index (χ3n) is 1.65. The molecule has 1 aromatic heterocycles. The van der Waals surface area contributed by atoms with Gasteiger partial charge in [-0.15, -0.1) is 0 Å². The van der Waals surface area contributed by atoms with Gasteiger partial charge in [-0.25, -0.2) is 13.8 Å². The van der Waals surface area contributed by atoms with Crippen molar-refractivity contribution in [3.8, 4) is 5.88 Å². The van der Waals surface area contributed by atoms with Gasteiger partial charge in [-0.3, -0.25) is 0 Å². The molecule has 2 N–H and O–H groups in total. The molecule has 0 unspecified atom stereocenters. The first-order chi connectivity index (χ1) is 6.60. The van der Waals surface area contributed by atoms with Crippen LogP contribution in [0.25, 0.3) is 0 Å². The van der Waals surface area contributed by atoms with Crippen LogP contribution in [0.1, 0.15) is 17.7 Å². The molecule has 6 heteroatoms. The molecular formula is C8H9F2IN2O. The van der Waals surface area contributed by atoms with E-state index in [0.717, 1.165) is 0 Å². The highest BCUT2D eigenvalue weighted by molar-refractivity contribution is 14.1. The van der Waals surface area contributed by atoms with Crippen molar-refractivity contribution in [2.45, 2.75) is 13.0 Å². The fourth-order valence-electron chi connectivity index (χ4n) is 1.01. The van der Waals surface area contributed by atoms with Crippen LogP contribution in [0.2, 0.25) is 0 Å². The van der Waals surface area contributed by atoms with Gasteiger partial charge in [-0.05, 0) is 28.7 Å². The van der Waals surface area contributed by atoms with Crippen LogP contribution in [-0.4, -0.2) is 12.1 Å². The molecule has 0 atom stereocenters. The minimum atomic E-state index is -2.59. The normalized spacial score (nSPS) is 10.7. The van der Waals surface area contributed by atoms with Crippen LogP contribution in [0, 0.1) is 3.57 Å². The summed E-state index contributed by atoms with van der Waals surface area (Å²) in [6.45, 7) is 0.204. The van der Waals surface area contributed by atoms with E-state index < -0.39 is 6.43 Å². The van der Waals surface area contributed by atoms with Gasteiger partial charge in [0.2, 0.25) is 5.88 Å². The lowest BCUT2D eigenvalue weighted by Gasteiger charge is -2.10. The summed E-state index contributed by atoms with van der Waals surface area (Å²) in [5.74, 6) is -0.0487.